The van der Waals surface area contributed by atoms with Crippen molar-refractivity contribution in [2.45, 2.75) is 26.3 Å². The van der Waals surface area contributed by atoms with Crippen LogP contribution in [0.4, 0.5) is 8.78 Å². The Hall–Kier alpha value is -3.07. The van der Waals surface area contributed by atoms with E-state index in [0.29, 0.717) is 36.2 Å². The minimum Gasteiger partial charge on any atom is -0.454 e. The average molecular weight is 407 g/mol. The second-order valence-electron chi connectivity index (χ2n) is 6.22. The Morgan fingerprint density at radius 1 is 1.10 bits per heavy atom. The normalized spacial score (nSPS) is 12.9. The van der Waals surface area contributed by atoms with Crippen LogP contribution in [-0.2, 0) is 24.4 Å². The van der Waals surface area contributed by atoms with Gasteiger partial charge in [-0.15, -0.1) is 0 Å². The molecule has 7 nitrogen and oxygen atoms in total. The minimum absolute atomic E-state index is 0.0273. The Morgan fingerprint density at radius 2 is 1.83 bits per heavy atom. The summed E-state index contributed by atoms with van der Waals surface area (Å²) in [5.74, 6) is 1.41. The number of alkyl halides is 2. The van der Waals surface area contributed by atoms with Crippen molar-refractivity contribution in [1.82, 2.24) is 10.6 Å². The Balaban J connectivity index is 1.62. The van der Waals surface area contributed by atoms with Gasteiger partial charge in [-0.1, -0.05) is 24.3 Å². The molecule has 3 rings (SSSR count). The molecule has 0 aliphatic carbocycles. The van der Waals surface area contributed by atoms with Gasteiger partial charge in [-0.2, -0.15) is 8.78 Å². The number of methoxy groups -OCH3 is 1. The molecule has 0 fully saturated rings. The van der Waals surface area contributed by atoms with Crippen molar-refractivity contribution in [1.29, 1.82) is 0 Å². The molecule has 1 aliphatic rings. The van der Waals surface area contributed by atoms with Crippen molar-refractivity contribution < 1.29 is 27.7 Å². The number of nitrogens with zero attached hydrogens (tertiary/aromatic N) is 1. The Morgan fingerprint density at radius 3 is 2.55 bits per heavy atom. The first-order chi connectivity index (χ1) is 14.1. The number of halogens is 2. The molecule has 1 heterocycles. The van der Waals surface area contributed by atoms with E-state index >= 15 is 0 Å². The zero-order valence-electron chi connectivity index (χ0n) is 16.2. The maximum atomic E-state index is 12.8. The lowest BCUT2D eigenvalue weighted by molar-refractivity contribution is -0.0505. The predicted octanol–water partition coefficient (Wildman–Crippen LogP) is 3.03. The fourth-order valence-corrected chi connectivity index (χ4v) is 2.89. The number of rotatable bonds is 8. The van der Waals surface area contributed by atoms with E-state index in [1.165, 1.54) is 6.07 Å². The Labute approximate surface area is 167 Å². The van der Waals surface area contributed by atoms with Crippen LogP contribution < -0.4 is 24.8 Å². The third-order valence-corrected chi connectivity index (χ3v) is 4.20. The average Bonchev–Trinajstić information content (AvgIpc) is 3.15. The maximum Gasteiger partial charge on any atom is 0.387 e. The molecule has 9 heteroatoms. The molecule has 0 aromatic heterocycles. The lowest BCUT2D eigenvalue weighted by Gasteiger charge is -2.15. The van der Waals surface area contributed by atoms with Crippen LogP contribution in [0, 0.1) is 0 Å². The van der Waals surface area contributed by atoms with Gasteiger partial charge in [0.2, 0.25) is 6.79 Å². The number of hydrogen-bond donors (Lipinski definition) is 2. The molecule has 0 saturated carbocycles. The number of nitrogens with one attached hydrogen (secondary N) is 2. The molecule has 0 unspecified atom stereocenters. The molecule has 0 atom stereocenters. The van der Waals surface area contributed by atoms with Gasteiger partial charge in [-0.05, 0) is 17.2 Å². The SMILES string of the molecule is CN=C(NCc1cccc(COC)c1)NCc1cc2c(cc1OC(F)F)OCO2. The number of ether oxygens (including phenoxy) is 4. The van der Waals surface area contributed by atoms with Gasteiger partial charge in [0.1, 0.15) is 5.75 Å². The lowest BCUT2D eigenvalue weighted by atomic mass is 10.1. The van der Waals surface area contributed by atoms with Crippen molar-refractivity contribution in [2.24, 2.45) is 4.99 Å². The molecule has 1 aliphatic heterocycles. The van der Waals surface area contributed by atoms with Gasteiger partial charge >= 0.3 is 6.61 Å². The first-order valence-electron chi connectivity index (χ1n) is 8.97. The number of guanidine groups is 1. The summed E-state index contributed by atoms with van der Waals surface area (Å²) in [4.78, 5) is 4.16. The van der Waals surface area contributed by atoms with Crippen molar-refractivity contribution in [3.8, 4) is 17.2 Å². The zero-order chi connectivity index (χ0) is 20.6. The van der Waals surface area contributed by atoms with Crippen LogP contribution >= 0.6 is 0 Å². The predicted molar refractivity (Wildman–Crippen MR) is 103 cm³/mol. The van der Waals surface area contributed by atoms with Gasteiger partial charge in [0.25, 0.3) is 0 Å². The van der Waals surface area contributed by atoms with E-state index in [-0.39, 0.29) is 19.1 Å². The van der Waals surface area contributed by atoms with E-state index in [4.69, 9.17) is 14.2 Å². The van der Waals surface area contributed by atoms with Crippen molar-refractivity contribution in [2.75, 3.05) is 21.0 Å². The molecule has 29 heavy (non-hydrogen) atoms. The van der Waals surface area contributed by atoms with Crippen molar-refractivity contribution in [3.05, 3.63) is 53.1 Å². The number of benzene rings is 2. The van der Waals surface area contributed by atoms with Gasteiger partial charge in [-0.25, -0.2) is 0 Å². The van der Waals surface area contributed by atoms with E-state index in [1.807, 2.05) is 24.3 Å². The van der Waals surface area contributed by atoms with E-state index in [9.17, 15) is 8.78 Å². The third kappa shape index (κ3) is 5.71. The van der Waals surface area contributed by atoms with Gasteiger partial charge in [0.05, 0.1) is 6.61 Å². The number of fused-ring (bicyclic) bond motifs is 1. The largest absolute Gasteiger partial charge is 0.454 e. The van der Waals surface area contributed by atoms with Crippen LogP contribution in [0.2, 0.25) is 0 Å². The van der Waals surface area contributed by atoms with Crippen molar-refractivity contribution in [3.63, 3.8) is 0 Å². The Kier molecular flexibility index (Phi) is 7.07. The summed E-state index contributed by atoms with van der Waals surface area (Å²) < 4.78 is 45.8. The lowest BCUT2D eigenvalue weighted by Crippen LogP contribution is -2.36. The van der Waals surface area contributed by atoms with Crippen LogP contribution in [-0.4, -0.2) is 33.5 Å². The van der Waals surface area contributed by atoms with Crippen LogP contribution in [0.3, 0.4) is 0 Å². The molecule has 2 aromatic carbocycles. The van der Waals surface area contributed by atoms with Crippen LogP contribution in [0.5, 0.6) is 17.2 Å². The maximum absolute atomic E-state index is 12.8. The first-order valence-corrected chi connectivity index (χ1v) is 8.97. The minimum atomic E-state index is -2.94. The van der Waals surface area contributed by atoms with Gasteiger partial charge in [0, 0.05) is 38.9 Å². The molecule has 0 saturated heterocycles. The summed E-state index contributed by atoms with van der Waals surface area (Å²) in [6.07, 6.45) is 0. The first kappa shape index (κ1) is 20.7. The summed E-state index contributed by atoms with van der Waals surface area (Å²) in [6.45, 7) is -1.60. The van der Waals surface area contributed by atoms with E-state index in [2.05, 4.69) is 20.4 Å². The van der Waals surface area contributed by atoms with Gasteiger partial charge in [0.15, 0.2) is 17.5 Å². The van der Waals surface area contributed by atoms with Gasteiger partial charge in [-0.3, -0.25) is 4.99 Å². The number of hydrogen-bond acceptors (Lipinski definition) is 5. The quantitative estimate of drug-likeness (QED) is 0.518. The molecular weight excluding hydrogens is 384 g/mol. The second-order valence-corrected chi connectivity index (χ2v) is 6.22. The smallest absolute Gasteiger partial charge is 0.387 e. The van der Waals surface area contributed by atoms with Crippen LogP contribution in [0.15, 0.2) is 41.4 Å². The third-order valence-electron chi connectivity index (χ3n) is 4.20. The summed E-state index contributed by atoms with van der Waals surface area (Å²) in [5, 5.41) is 6.28. The summed E-state index contributed by atoms with van der Waals surface area (Å²) in [6, 6.07) is 11.0. The number of aliphatic imine (C=N–C) groups is 1. The highest BCUT2D eigenvalue weighted by Gasteiger charge is 2.20. The van der Waals surface area contributed by atoms with Crippen LogP contribution in [0.25, 0.3) is 0 Å². The Bertz CT molecular complexity index is 862. The second kappa shape index (κ2) is 9.92. The molecule has 0 radical (unpaired) electrons. The summed E-state index contributed by atoms with van der Waals surface area (Å²) >= 11 is 0. The zero-order valence-corrected chi connectivity index (χ0v) is 16.2. The van der Waals surface area contributed by atoms with E-state index in [0.717, 1.165) is 11.1 Å². The highest BCUT2D eigenvalue weighted by molar-refractivity contribution is 5.79. The topological polar surface area (TPSA) is 73.3 Å². The van der Waals surface area contributed by atoms with Gasteiger partial charge < -0.3 is 29.6 Å². The fraction of sp³-hybridized carbons (Fsp3) is 0.350. The van der Waals surface area contributed by atoms with Crippen molar-refractivity contribution >= 4 is 5.96 Å². The van der Waals surface area contributed by atoms with E-state index < -0.39 is 6.61 Å². The van der Waals surface area contributed by atoms with Crippen LogP contribution in [0.1, 0.15) is 16.7 Å². The molecule has 0 amide bonds. The molecular formula is C20H23F2N3O4. The molecule has 156 valence electrons. The molecule has 0 bridgehead atoms. The standard InChI is InChI=1S/C20H23F2N3O4/c1-23-20(24-9-13-4-3-5-14(6-13)11-26-2)25-10-15-7-17-18(28-12-27-17)8-16(15)29-19(21)22/h3-8,19H,9-12H2,1-2H3,(H2,23,24,25). The highest BCUT2D eigenvalue weighted by Crippen LogP contribution is 2.38. The molecule has 0 spiro atoms. The molecule has 2 aromatic rings. The fourth-order valence-electron chi connectivity index (χ4n) is 2.89. The highest BCUT2D eigenvalue weighted by atomic mass is 19.3. The summed E-state index contributed by atoms with van der Waals surface area (Å²) in [7, 11) is 3.28. The summed E-state index contributed by atoms with van der Waals surface area (Å²) in [5.41, 5.74) is 2.63. The molecule has 2 N–H and O–H groups in total. The monoisotopic (exact) mass is 407 g/mol. The van der Waals surface area contributed by atoms with E-state index in [1.54, 1.807) is 20.2 Å².